The number of H-pyrrole nitrogens is 1. The van der Waals surface area contributed by atoms with Crippen LogP contribution in [0.3, 0.4) is 0 Å². The first-order valence-electron chi connectivity index (χ1n) is 6.38. The van der Waals surface area contributed by atoms with Gasteiger partial charge in [0.2, 0.25) is 5.95 Å². The van der Waals surface area contributed by atoms with Crippen molar-refractivity contribution in [1.29, 1.82) is 0 Å². The van der Waals surface area contributed by atoms with E-state index < -0.39 is 0 Å². The summed E-state index contributed by atoms with van der Waals surface area (Å²) in [7, 11) is 0. The van der Waals surface area contributed by atoms with Gasteiger partial charge in [0.25, 0.3) is 5.56 Å². The molecule has 0 amide bonds. The summed E-state index contributed by atoms with van der Waals surface area (Å²) >= 11 is 1.54. The Morgan fingerprint density at radius 3 is 2.95 bits per heavy atom. The zero-order chi connectivity index (χ0) is 14.1. The minimum absolute atomic E-state index is 0.125. The van der Waals surface area contributed by atoms with Crippen molar-refractivity contribution in [2.45, 2.75) is 13.8 Å². The highest BCUT2D eigenvalue weighted by atomic mass is 32.1. The topological polar surface area (TPSA) is 70.7 Å². The van der Waals surface area contributed by atoms with Crippen LogP contribution in [-0.4, -0.2) is 21.5 Å². The monoisotopic (exact) mass is 286 g/mol. The SMILES string of the molecule is CCNc1nc(C)c2cc(-c3cccs3)c(=O)[nH]c2n1. The third kappa shape index (κ3) is 2.18. The summed E-state index contributed by atoms with van der Waals surface area (Å²) in [6, 6.07) is 5.73. The van der Waals surface area contributed by atoms with Crippen LogP contribution in [0.1, 0.15) is 12.6 Å². The maximum absolute atomic E-state index is 12.2. The third-order valence-electron chi connectivity index (χ3n) is 3.02. The van der Waals surface area contributed by atoms with Gasteiger partial charge in [0.05, 0.1) is 11.3 Å². The number of anilines is 1. The van der Waals surface area contributed by atoms with Gasteiger partial charge in [-0.2, -0.15) is 4.98 Å². The minimum atomic E-state index is -0.125. The van der Waals surface area contributed by atoms with Gasteiger partial charge in [0.1, 0.15) is 5.65 Å². The van der Waals surface area contributed by atoms with Crippen molar-refractivity contribution in [1.82, 2.24) is 15.0 Å². The zero-order valence-corrected chi connectivity index (χ0v) is 12.0. The molecule has 20 heavy (non-hydrogen) atoms. The molecule has 102 valence electrons. The number of fused-ring (bicyclic) bond motifs is 1. The van der Waals surface area contributed by atoms with E-state index in [0.717, 1.165) is 22.5 Å². The molecule has 0 saturated carbocycles. The van der Waals surface area contributed by atoms with Crippen LogP contribution < -0.4 is 10.9 Å². The molecule has 0 atom stereocenters. The van der Waals surface area contributed by atoms with Crippen LogP contribution in [0.25, 0.3) is 21.5 Å². The maximum atomic E-state index is 12.2. The number of thiophene rings is 1. The lowest BCUT2D eigenvalue weighted by Gasteiger charge is -2.07. The number of aryl methyl sites for hydroxylation is 1. The van der Waals surface area contributed by atoms with Gasteiger partial charge in [-0.25, -0.2) is 4.98 Å². The van der Waals surface area contributed by atoms with Crippen LogP contribution in [0.5, 0.6) is 0 Å². The molecule has 0 aliphatic rings. The molecule has 3 aromatic rings. The molecule has 0 aliphatic carbocycles. The molecule has 3 aromatic heterocycles. The quantitative estimate of drug-likeness (QED) is 0.776. The van der Waals surface area contributed by atoms with Gasteiger partial charge >= 0.3 is 0 Å². The molecule has 0 spiro atoms. The fourth-order valence-corrected chi connectivity index (χ4v) is 2.83. The Morgan fingerprint density at radius 2 is 2.25 bits per heavy atom. The molecule has 0 bridgehead atoms. The van der Waals surface area contributed by atoms with Crippen LogP contribution in [0, 0.1) is 6.92 Å². The van der Waals surface area contributed by atoms with Gasteiger partial charge in [-0.15, -0.1) is 11.3 Å². The third-order valence-corrected chi connectivity index (χ3v) is 3.93. The lowest BCUT2D eigenvalue weighted by Crippen LogP contribution is -2.11. The number of pyridine rings is 1. The summed E-state index contributed by atoms with van der Waals surface area (Å²) in [6.45, 7) is 4.63. The lowest BCUT2D eigenvalue weighted by atomic mass is 10.1. The van der Waals surface area contributed by atoms with Crippen molar-refractivity contribution in [3.8, 4) is 10.4 Å². The molecular weight excluding hydrogens is 272 g/mol. The van der Waals surface area contributed by atoms with E-state index in [9.17, 15) is 4.79 Å². The number of rotatable bonds is 3. The summed E-state index contributed by atoms with van der Waals surface area (Å²) in [5, 5.41) is 5.88. The van der Waals surface area contributed by atoms with Crippen LogP contribution >= 0.6 is 11.3 Å². The van der Waals surface area contributed by atoms with E-state index in [2.05, 4.69) is 20.3 Å². The highest BCUT2D eigenvalue weighted by Crippen LogP contribution is 2.24. The Bertz CT molecular complexity index is 808. The number of nitrogens with one attached hydrogen (secondary N) is 2. The molecule has 0 aliphatic heterocycles. The smallest absolute Gasteiger partial charge is 0.258 e. The molecule has 2 N–H and O–H groups in total. The Kier molecular flexibility index (Phi) is 3.23. The van der Waals surface area contributed by atoms with Gasteiger partial charge in [0.15, 0.2) is 0 Å². The standard InChI is InChI=1S/C14H14N4OS/c1-3-15-14-16-8(2)9-7-10(11-5-4-6-20-11)13(19)17-12(9)18-14/h4-7H,3H2,1-2H3,(H2,15,16,17,18,19). The van der Waals surface area contributed by atoms with Crippen molar-refractivity contribution >= 4 is 28.3 Å². The number of aromatic nitrogens is 3. The predicted octanol–water partition coefficient (Wildman–Crippen LogP) is 2.79. The summed E-state index contributed by atoms with van der Waals surface area (Å²) in [5.74, 6) is 0.539. The van der Waals surface area contributed by atoms with Gasteiger partial charge in [-0.1, -0.05) is 6.07 Å². The summed E-state index contributed by atoms with van der Waals surface area (Å²) < 4.78 is 0. The molecule has 0 radical (unpaired) electrons. The number of hydrogen-bond acceptors (Lipinski definition) is 5. The van der Waals surface area contributed by atoms with E-state index in [1.165, 1.54) is 0 Å². The van der Waals surface area contributed by atoms with Gasteiger partial charge < -0.3 is 10.3 Å². The van der Waals surface area contributed by atoms with Gasteiger partial charge in [0, 0.05) is 16.8 Å². The zero-order valence-electron chi connectivity index (χ0n) is 11.2. The molecule has 3 heterocycles. The molecule has 3 rings (SSSR count). The first kappa shape index (κ1) is 12.8. The van der Waals surface area contributed by atoms with E-state index in [1.54, 1.807) is 11.3 Å². The van der Waals surface area contributed by atoms with Crippen LogP contribution in [-0.2, 0) is 0 Å². The maximum Gasteiger partial charge on any atom is 0.258 e. The predicted molar refractivity (Wildman–Crippen MR) is 82.4 cm³/mol. The van der Waals surface area contributed by atoms with E-state index in [1.807, 2.05) is 37.4 Å². The summed E-state index contributed by atoms with van der Waals surface area (Å²) in [4.78, 5) is 24.7. The average Bonchev–Trinajstić information content (AvgIpc) is 2.92. The van der Waals surface area contributed by atoms with E-state index in [-0.39, 0.29) is 5.56 Å². The molecule has 6 heteroatoms. The minimum Gasteiger partial charge on any atom is -0.354 e. The van der Waals surface area contributed by atoms with E-state index in [0.29, 0.717) is 17.2 Å². The normalized spacial score (nSPS) is 10.9. The number of hydrogen-bond donors (Lipinski definition) is 2. The molecule has 0 fully saturated rings. The Labute approximate surface area is 119 Å². The fourth-order valence-electron chi connectivity index (χ4n) is 2.09. The average molecular weight is 286 g/mol. The highest BCUT2D eigenvalue weighted by Gasteiger charge is 2.10. The van der Waals surface area contributed by atoms with Crippen molar-refractivity contribution in [2.24, 2.45) is 0 Å². The van der Waals surface area contributed by atoms with E-state index in [4.69, 9.17) is 0 Å². The van der Waals surface area contributed by atoms with Crippen LogP contribution in [0.2, 0.25) is 0 Å². The van der Waals surface area contributed by atoms with Crippen LogP contribution in [0.15, 0.2) is 28.4 Å². The first-order valence-corrected chi connectivity index (χ1v) is 7.26. The lowest BCUT2D eigenvalue weighted by molar-refractivity contribution is 1.06. The summed E-state index contributed by atoms with van der Waals surface area (Å²) in [5.41, 5.74) is 1.95. The van der Waals surface area contributed by atoms with Crippen molar-refractivity contribution in [3.63, 3.8) is 0 Å². The van der Waals surface area contributed by atoms with Crippen molar-refractivity contribution in [2.75, 3.05) is 11.9 Å². The molecule has 5 nitrogen and oxygen atoms in total. The van der Waals surface area contributed by atoms with Gasteiger partial charge in [-0.05, 0) is 31.4 Å². The second-order valence-corrected chi connectivity index (χ2v) is 5.36. The van der Waals surface area contributed by atoms with Crippen molar-refractivity contribution < 1.29 is 0 Å². The fraction of sp³-hybridized carbons (Fsp3) is 0.214. The number of nitrogens with zero attached hydrogens (tertiary/aromatic N) is 2. The number of aromatic amines is 1. The summed E-state index contributed by atoms with van der Waals surface area (Å²) in [6.07, 6.45) is 0. The van der Waals surface area contributed by atoms with Crippen LogP contribution in [0.4, 0.5) is 5.95 Å². The Balaban J connectivity index is 2.24. The Morgan fingerprint density at radius 1 is 1.40 bits per heavy atom. The second kappa shape index (κ2) is 5.05. The largest absolute Gasteiger partial charge is 0.354 e. The molecule has 0 unspecified atom stereocenters. The molecular formula is C14H14N4OS. The molecule has 0 aromatic carbocycles. The highest BCUT2D eigenvalue weighted by molar-refractivity contribution is 7.13. The van der Waals surface area contributed by atoms with E-state index >= 15 is 0 Å². The van der Waals surface area contributed by atoms with Gasteiger partial charge in [-0.3, -0.25) is 4.79 Å². The first-order chi connectivity index (χ1) is 9.69. The molecule has 0 saturated heterocycles. The Hall–Kier alpha value is -2.21. The van der Waals surface area contributed by atoms with Crippen molar-refractivity contribution in [3.05, 3.63) is 39.6 Å². The second-order valence-electron chi connectivity index (χ2n) is 4.41.